The molecular formula is C57H80F2N6O13SSi. The molecule has 0 spiro atoms. The molecule has 2 unspecified atom stereocenters. The summed E-state index contributed by atoms with van der Waals surface area (Å²) in [4.78, 5) is 72.9. The Hall–Kier alpha value is -6.37. The van der Waals surface area contributed by atoms with Gasteiger partial charge in [0, 0.05) is 67.3 Å². The van der Waals surface area contributed by atoms with E-state index in [0.717, 1.165) is 46.8 Å². The Kier molecular flexibility index (Phi) is 29.8. The SMILES string of the molecule is CC(C)(C)C(C[Si](C)(C)CCOC(=O)NCCCNC(=O)CSCC(NC(=O)CCOCCOCCOCCOCCNC(=O)CNC(=O)OCc1ccccc1)C(=O)O)c1cc(-c2cc(F)ccc2F)cn1Cc1ccccc1. The minimum absolute atomic E-state index is 0.0308. The predicted molar refractivity (Wildman–Crippen MR) is 304 cm³/mol. The third kappa shape index (κ3) is 27.2. The van der Waals surface area contributed by atoms with Crippen molar-refractivity contribution in [3.05, 3.63) is 120 Å². The van der Waals surface area contributed by atoms with E-state index in [-0.39, 0.29) is 112 Å². The van der Waals surface area contributed by atoms with E-state index in [1.54, 1.807) is 0 Å². The molecule has 23 heteroatoms. The first-order valence-electron chi connectivity index (χ1n) is 26.8. The molecule has 4 aromatic rings. The number of carbonyl (C=O) groups excluding carboxylic acids is 5. The normalized spacial score (nSPS) is 12.2. The highest BCUT2D eigenvalue weighted by Crippen LogP contribution is 2.44. The maximum Gasteiger partial charge on any atom is 0.407 e. The van der Waals surface area contributed by atoms with Gasteiger partial charge in [-0.1, -0.05) is 94.5 Å². The average molecular weight is 1160 g/mol. The molecule has 0 fully saturated rings. The van der Waals surface area contributed by atoms with Crippen molar-refractivity contribution >= 4 is 55.7 Å². The van der Waals surface area contributed by atoms with Gasteiger partial charge in [-0.05, 0) is 59.3 Å². The number of rotatable bonds is 38. The summed E-state index contributed by atoms with van der Waals surface area (Å²) in [6, 6.07) is 25.0. The number of aliphatic carboxylic acids is 1. The molecule has 0 aliphatic rings. The number of halogens is 2. The smallest absolute Gasteiger partial charge is 0.407 e. The van der Waals surface area contributed by atoms with E-state index in [1.165, 1.54) is 6.07 Å². The number of aromatic nitrogens is 1. The standard InChI is InChI=1S/C57H80F2N6O13SSi/c1-57(2,3)47(50-33-44(46-34-45(58)17-18-48(46)59)37-65(50)36-42-13-8-6-9-14-42)41-80(4,5)32-31-77-55(71)62-21-12-20-60-53(68)40-79-39-49(54(69)70)64-51(66)19-23-73-25-27-75-29-30-76-28-26-74-24-22-61-52(67)35-63-56(72)78-38-43-15-10-7-11-16-43/h6-11,13-18,33-34,37,47,49H,12,19-32,35-36,38-41H2,1-5H3,(H,60,68)(H,61,67)(H,62,71)(H,63,72)(H,64,66)(H,69,70). The molecule has 1 heterocycles. The van der Waals surface area contributed by atoms with E-state index in [9.17, 15) is 38.3 Å². The lowest BCUT2D eigenvalue weighted by molar-refractivity contribution is -0.141. The molecular weight excluding hydrogens is 1070 g/mol. The molecule has 0 aliphatic heterocycles. The molecule has 2 atom stereocenters. The van der Waals surface area contributed by atoms with Crippen molar-refractivity contribution in [2.24, 2.45) is 5.41 Å². The van der Waals surface area contributed by atoms with E-state index in [0.29, 0.717) is 51.0 Å². The Bertz CT molecular complexity index is 2520. The van der Waals surface area contributed by atoms with Crippen LogP contribution in [0.1, 0.15) is 56.4 Å². The molecule has 0 radical (unpaired) electrons. The van der Waals surface area contributed by atoms with E-state index in [4.69, 9.17) is 28.4 Å². The number of ether oxygens (including phenoxy) is 6. The van der Waals surface area contributed by atoms with Gasteiger partial charge in [0.05, 0.1) is 79.8 Å². The predicted octanol–water partition coefficient (Wildman–Crippen LogP) is 7.35. The highest BCUT2D eigenvalue weighted by atomic mass is 32.2. The lowest BCUT2D eigenvalue weighted by Gasteiger charge is -2.37. The fraction of sp³-hybridized carbons (Fsp3) is 0.509. The first kappa shape index (κ1) is 66.1. The lowest BCUT2D eigenvalue weighted by Crippen LogP contribution is -2.43. The maximum absolute atomic E-state index is 15.0. The Morgan fingerprint density at radius 3 is 1.93 bits per heavy atom. The minimum Gasteiger partial charge on any atom is -0.480 e. The number of hydrogen-bond donors (Lipinski definition) is 6. The Morgan fingerprint density at radius 1 is 0.675 bits per heavy atom. The van der Waals surface area contributed by atoms with Crippen LogP contribution in [0.3, 0.4) is 0 Å². The zero-order chi connectivity index (χ0) is 58.2. The number of nitrogens with zero attached hydrogens (tertiary/aromatic N) is 1. The van der Waals surface area contributed by atoms with Gasteiger partial charge in [-0.3, -0.25) is 14.4 Å². The van der Waals surface area contributed by atoms with E-state index in [2.05, 4.69) is 65.0 Å². The van der Waals surface area contributed by atoms with Crippen molar-refractivity contribution in [1.82, 2.24) is 31.2 Å². The van der Waals surface area contributed by atoms with Gasteiger partial charge >= 0.3 is 18.2 Å². The zero-order valence-corrected chi connectivity index (χ0v) is 48.4. The van der Waals surface area contributed by atoms with Crippen molar-refractivity contribution in [3.8, 4) is 11.1 Å². The highest BCUT2D eigenvalue weighted by molar-refractivity contribution is 8.00. The van der Waals surface area contributed by atoms with Gasteiger partial charge in [0.15, 0.2) is 0 Å². The molecule has 440 valence electrons. The summed E-state index contributed by atoms with van der Waals surface area (Å²) >= 11 is 1.06. The van der Waals surface area contributed by atoms with E-state index in [1.807, 2.05) is 72.9 Å². The van der Waals surface area contributed by atoms with Gasteiger partial charge in [0.2, 0.25) is 17.7 Å². The molecule has 6 N–H and O–H groups in total. The number of benzene rings is 3. The molecule has 0 aliphatic carbocycles. The summed E-state index contributed by atoms with van der Waals surface area (Å²) in [5.41, 5.74) is 3.59. The number of amides is 5. The highest BCUT2D eigenvalue weighted by Gasteiger charge is 2.36. The first-order chi connectivity index (χ1) is 38.3. The average Bonchev–Trinajstić information content (AvgIpc) is 3.84. The second-order valence-corrected chi connectivity index (χ2v) is 26.9. The van der Waals surface area contributed by atoms with Gasteiger partial charge in [-0.2, -0.15) is 0 Å². The van der Waals surface area contributed by atoms with Crippen LogP contribution in [-0.2, 0) is 60.8 Å². The van der Waals surface area contributed by atoms with Crippen molar-refractivity contribution < 1.29 is 71.1 Å². The van der Waals surface area contributed by atoms with Crippen molar-refractivity contribution in [2.75, 3.05) is 97.1 Å². The Balaban J connectivity index is 0.987. The molecule has 19 nitrogen and oxygen atoms in total. The number of alkyl carbamates (subject to hydrolysis) is 2. The third-order valence-electron chi connectivity index (χ3n) is 12.4. The molecule has 4 rings (SSSR count). The van der Waals surface area contributed by atoms with Crippen LogP contribution in [0.2, 0.25) is 25.2 Å². The maximum atomic E-state index is 15.0. The monoisotopic (exact) mass is 1150 g/mol. The molecule has 5 amide bonds. The van der Waals surface area contributed by atoms with Crippen LogP contribution >= 0.6 is 11.8 Å². The van der Waals surface area contributed by atoms with Crippen LogP contribution < -0.4 is 26.6 Å². The van der Waals surface area contributed by atoms with Gasteiger partial charge in [-0.15, -0.1) is 11.8 Å². The minimum atomic E-state index is -2.03. The molecule has 80 heavy (non-hydrogen) atoms. The van der Waals surface area contributed by atoms with Crippen LogP contribution in [0, 0.1) is 17.0 Å². The van der Waals surface area contributed by atoms with Crippen LogP contribution in [0.4, 0.5) is 18.4 Å². The fourth-order valence-electron chi connectivity index (χ4n) is 8.03. The molecule has 3 aromatic carbocycles. The quantitative estimate of drug-likeness (QED) is 0.0190. The number of nitrogens with one attached hydrogen (secondary N) is 5. The number of thioether (sulfide) groups is 1. The van der Waals surface area contributed by atoms with Gasteiger partial charge < -0.3 is 64.7 Å². The summed E-state index contributed by atoms with van der Waals surface area (Å²) in [6.07, 6.45) is 1.02. The second-order valence-electron chi connectivity index (χ2n) is 20.6. The third-order valence-corrected chi connectivity index (χ3v) is 16.5. The van der Waals surface area contributed by atoms with Crippen molar-refractivity contribution in [2.45, 2.75) is 83.9 Å². The Morgan fingerprint density at radius 2 is 1.27 bits per heavy atom. The number of carboxylic acid groups (broad SMARTS) is 1. The van der Waals surface area contributed by atoms with Gasteiger partial charge in [0.1, 0.15) is 24.3 Å². The number of hydrogen-bond acceptors (Lipinski definition) is 13. The van der Waals surface area contributed by atoms with Crippen LogP contribution in [-0.4, -0.2) is 157 Å². The topological polar surface area (TPSA) is 243 Å². The summed E-state index contributed by atoms with van der Waals surface area (Å²) in [5, 5.41) is 22.6. The molecule has 0 bridgehead atoms. The molecule has 0 saturated heterocycles. The summed E-state index contributed by atoms with van der Waals surface area (Å²) in [5.74, 6) is -3.45. The summed E-state index contributed by atoms with van der Waals surface area (Å²) in [7, 11) is -2.03. The Labute approximate surface area is 473 Å². The zero-order valence-electron chi connectivity index (χ0n) is 46.6. The van der Waals surface area contributed by atoms with E-state index < -0.39 is 49.8 Å². The summed E-state index contributed by atoms with van der Waals surface area (Å²) in [6.45, 7) is 14.6. The van der Waals surface area contributed by atoms with Gasteiger partial charge in [0.25, 0.3) is 0 Å². The molecule has 1 aromatic heterocycles. The van der Waals surface area contributed by atoms with E-state index >= 15 is 4.39 Å². The largest absolute Gasteiger partial charge is 0.480 e. The number of carbonyl (C=O) groups is 6. The van der Waals surface area contributed by atoms with Crippen LogP contribution in [0.5, 0.6) is 0 Å². The number of carboxylic acids is 1. The first-order valence-corrected chi connectivity index (χ1v) is 31.4. The van der Waals surface area contributed by atoms with Gasteiger partial charge in [-0.25, -0.2) is 23.2 Å². The molecule has 0 saturated carbocycles. The van der Waals surface area contributed by atoms with Crippen LogP contribution in [0.25, 0.3) is 11.1 Å². The fourth-order valence-corrected chi connectivity index (χ4v) is 11.7. The van der Waals surface area contributed by atoms with Crippen molar-refractivity contribution in [3.63, 3.8) is 0 Å². The summed E-state index contributed by atoms with van der Waals surface area (Å²) < 4.78 is 63.9. The van der Waals surface area contributed by atoms with Crippen LogP contribution in [0.15, 0.2) is 91.1 Å². The lowest BCUT2D eigenvalue weighted by atomic mass is 9.79. The second kappa shape index (κ2) is 36.1. The van der Waals surface area contributed by atoms with Crippen molar-refractivity contribution in [1.29, 1.82) is 0 Å².